The second-order valence-corrected chi connectivity index (χ2v) is 14.5. The lowest BCUT2D eigenvalue weighted by Crippen LogP contribution is -2.52. The smallest absolute Gasteiger partial charge is 0.410 e. The van der Waals surface area contributed by atoms with Gasteiger partial charge in [0.2, 0.25) is 0 Å². The first-order chi connectivity index (χ1) is 14.1. The van der Waals surface area contributed by atoms with Crippen molar-refractivity contribution in [1.82, 2.24) is 4.90 Å². The van der Waals surface area contributed by atoms with Gasteiger partial charge >= 0.3 is 6.09 Å². The maximum Gasteiger partial charge on any atom is 0.410 e. The highest BCUT2D eigenvalue weighted by Gasteiger charge is 2.45. The van der Waals surface area contributed by atoms with Crippen molar-refractivity contribution >= 4 is 20.7 Å². The molecule has 1 aromatic rings. The Morgan fingerprint density at radius 1 is 1.27 bits per heavy atom. The van der Waals surface area contributed by atoms with Gasteiger partial charge in [-0.05, 0) is 43.0 Å². The van der Waals surface area contributed by atoms with E-state index in [1.165, 1.54) is 7.11 Å². The summed E-state index contributed by atoms with van der Waals surface area (Å²) in [5.74, 6) is 0. The number of allylic oxidation sites excluding steroid dienone is 1. The van der Waals surface area contributed by atoms with Gasteiger partial charge in [0, 0.05) is 13.2 Å². The first-order valence-corrected chi connectivity index (χ1v) is 13.6. The van der Waals surface area contributed by atoms with E-state index in [0.29, 0.717) is 26.0 Å². The van der Waals surface area contributed by atoms with Crippen LogP contribution in [0.5, 0.6) is 0 Å². The van der Waals surface area contributed by atoms with Crippen LogP contribution in [0.15, 0.2) is 42.5 Å². The normalized spacial score (nSPS) is 21.9. The molecule has 0 saturated carbocycles. The molecule has 0 radical (unpaired) electrons. The van der Waals surface area contributed by atoms with Gasteiger partial charge in [-0.3, -0.25) is 4.90 Å². The molecule has 5 nitrogen and oxygen atoms in total. The minimum absolute atomic E-state index is 0.110. The number of carbonyl (C=O) groups excluding carboxylic acids is 2. The summed E-state index contributed by atoms with van der Waals surface area (Å²) in [5.41, 5.74) is 0.319. The number of aldehydes is 1. The van der Waals surface area contributed by atoms with Gasteiger partial charge in [0.15, 0.2) is 8.32 Å². The molecule has 1 aliphatic rings. The van der Waals surface area contributed by atoms with E-state index in [2.05, 4.69) is 39.9 Å². The first-order valence-electron chi connectivity index (χ1n) is 10.7. The summed E-state index contributed by atoms with van der Waals surface area (Å²) >= 11 is 0. The topological polar surface area (TPSA) is 55.8 Å². The van der Waals surface area contributed by atoms with Crippen molar-refractivity contribution in [2.24, 2.45) is 5.41 Å². The Balaban J connectivity index is 2.26. The molecule has 0 bridgehead atoms. The van der Waals surface area contributed by atoms with E-state index in [9.17, 15) is 9.59 Å². The molecule has 1 aromatic carbocycles. The van der Waals surface area contributed by atoms with E-state index in [4.69, 9.17) is 9.16 Å². The van der Waals surface area contributed by atoms with Crippen LogP contribution in [0.25, 0.3) is 0 Å². The lowest BCUT2D eigenvalue weighted by Gasteiger charge is -2.44. The van der Waals surface area contributed by atoms with Gasteiger partial charge in [0.25, 0.3) is 0 Å². The Bertz CT molecular complexity index is 741. The summed E-state index contributed by atoms with van der Waals surface area (Å²) in [6.45, 7) is 12.0. The maximum atomic E-state index is 12.7. The van der Waals surface area contributed by atoms with Crippen LogP contribution in [0.2, 0.25) is 18.1 Å². The van der Waals surface area contributed by atoms with Crippen molar-refractivity contribution in [3.63, 3.8) is 0 Å². The predicted molar refractivity (Wildman–Crippen MR) is 123 cm³/mol. The van der Waals surface area contributed by atoms with E-state index in [0.717, 1.165) is 18.3 Å². The van der Waals surface area contributed by atoms with Gasteiger partial charge in [-0.2, -0.15) is 0 Å². The zero-order chi connectivity index (χ0) is 22.4. The van der Waals surface area contributed by atoms with Crippen molar-refractivity contribution in [2.75, 3.05) is 13.7 Å². The van der Waals surface area contributed by atoms with Crippen molar-refractivity contribution in [1.29, 1.82) is 0 Å². The number of amides is 1. The number of benzene rings is 1. The van der Waals surface area contributed by atoms with Crippen LogP contribution < -0.4 is 0 Å². The quantitative estimate of drug-likeness (QED) is 0.307. The van der Waals surface area contributed by atoms with Crippen molar-refractivity contribution in [2.45, 2.75) is 70.8 Å². The van der Waals surface area contributed by atoms with Crippen LogP contribution in [0.4, 0.5) is 4.79 Å². The van der Waals surface area contributed by atoms with Gasteiger partial charge in [-0.15, -0.1) is 0 Å². The number of methoxy groups -OCH3 is 1. The molecule has 6 heteroatoms. The molecule has 166 valence electrons. The van der Waals surface area contributed by atoms with Crippen molar-refractivity contribution < 1.29 is 18.8 Å². The summed E-state index contributed by atoms with van der Waals surface area (Å²) in [6.07, 6.45) is 6.76. The standard InChI is InChI=1S/C24H37NO4Si/c1-23(2,3)30(5,6)29-17-16-24(19-26)15-11-10-14-21(24)25(22(27)28-4)18-20-12-8-7-9-13-20/h7-10,12-14,19,21H,11,15-18H2,1-6H3/t21?,24-/m1/s1. The SMILES string of the molecule is COC(=O)N(Cc1ccccc1)C1C=CCC[C@]1(C=O)CCO[Si](C)(C)C(C)(C)C. The van der Waals surface area contributed by atoms with Gasteiger partial charge < -0.3 is 14.0 Å². The second-order valence-electron chi connectivity index (χ2n) is 9.70. The van der Waals surface area contributed by atoms with Crippen LogP contribution in [-0.4, -0.2) is 45.4 Å². The molecular weight excluding hydrogens is 394 g/mol. The largest absolute Gasteiger partial charge is 0.453 e. The van der Waals surface area contributed by atoms with Gasteiger partial charge in [-0.1, -0.05) is 63.3 Å². The molecule has 2 rings (SSSR count). The molecule has 1 aliphatic carbocycles. The summed E-state index contributed by atoms with van der Waals surface area (Å²) in [4.78, 5) is 26.8. The van der Waals surface area contributed by atoms with Gasteiger partial charge in [0.1, 0.15) is 6.29 Å². The molecule has 0 fully saturated rings. The highest BCUT2D eigenvalue weighted by atomic mass is 28.4. The molecule has 0 aromatic heterocycles. The van der Waals surface area contributed by atoms with E-state index >= 15 is 0 Å². The van der Waals surface area contributed by atoms with Crippen LogP contribution in [0.1, 0.15) is 45.6 Å². The average Bonchev–Trinajstić information content (AvgIpc) is 2.71. The van der Waals surface area contributed by atoms with Gasteiger partial charge in [0.05, 0.1) is 18.6 Å². The summed E-state index contributed by atoms with van der Waals surface area (Å²) < 4.78 is 11.5. The van der Waals surface area contributed by atoms with Gasteiger partial charge in [-0.25, -0.2) is 4.79 Å². The van der Waals surface area contributed by atoms with Crippen LogP contribution in [-0.2, 0) is 20.5 Å². The fourth-order valence-electron chi connectivity index (χ4n) is 3.68. The van der Waals surface area contributed by atoms with Crippen LogP contribution in [0.3, 0.4) is 0 Å². The number of hydrogen-bond donors (Lipinski definition) is 0. The Morgan fingerprint density at radius 2 is 1.93 bits per heavy atom. The van der Waals surface area contributed by atoms with E-state index < -0.39 is 19.8 Å². The van der Waals surface area contributed by atoms with E-state index in [1.807, 2.05) is 36.4 Å². The molecule has 2 atom stereocenters. The van der Waals surface area contributed by atoms with Crippen LogP contribution in [0, 0.1) is 5.41 Å². The van der Waals surface area contributed by atoms with Crippen molar-refractivity contribution in [3.8, 4) is 0 Å². The van der Waals surface area contributed by atoms with Crippen molar-refractivity contribution in [3.05, 3.63) is 48.0 Å². The zero-order valence-electron chi connectivity index (χ0n) is 19.3. The average molecular weight is 432 g/mol. The highest BCUT2D eigenvalue weighted by Crippen LogP contribution is 2.41. The molecule has 30 heavy (non-hydrogen) atoms. The molecule has 1 amide bonds. The molecule has 1 unspecified atom stereocenters. The zero-order valence-corrected chi connectivity index (χ0v) is 20.3. The van der Waals surface area contributed by atoms with Crippen LogP contribution >= 0.6 is 0 Å². The Kier molecular flexibility index (Phi) is 8.05. The number of hydrogen-bond acceptors (Lipinski definition) is 4. The number of rotatable bonds is 8. The highest BCUT2D eigenvalue weighted by molar-refractivity contribution is 6.74. The predicted octanol–water partition coefficient (Wildman–Crippen LogP) is 5.57. The first kappa shape index (κ1) is 24.3. The lowest BCUT2D eigenvalue weighted by atomic mass is 9.71. The molecule has 0 spiro atoms. The minimum atomic E-state index is -1.91. The number of carbonyl (C=O) groups is 2. The molecular formula is C24H37NO4Si. The summed E-state index contributed by atoms with van der Waals surface area (Å²) in [7, 11) is -0.528. The second kappa shape index (κ2) is 9.92. The third-order valence-corrected chi connectivity index (χ3v) is 11.2. The fourth-order valence-corrected chi connectivity index (χ4v) is 4.72. The third kappa shape index (κ3) is 5.61. The Morgan fingerprint density at radius 3 is 2.50 bits per heavy atom. The minimum Gasteiger partial charge on any atom is -0.453 e. The van der Waals surface area contributed by atoms with E-state index in [1.54, 1.807) is 4.90 Å². The molecule has 0 saturated heterocycles. The number of nitrogens with zero attached hydrogens (tertiary/aromatic N) is 1. The molecule has 0 N–H and O–H groups in total. The monoisotopic (exact) mass is 431 g/mol. The Hall–Kier alpha value is -1.92. The lowest BCUT2D eigenvalue weighted by molar-refractivity contribution is -0.120. The summed E-state index contributed by atoms with van der Waals surface area (Å²) in [6, 6.07) is 9.43. The summed E-state index contributed by atoms with van der Waals surface area (Å²) in [5, 5.41) is 0.110. The number of ether oxygens (including phenoxy) is 1. The molecule has 0 heterocycles. The molecule has 0 aliphatic heterocycles. The third-order valence-electron chi connectivity index (χ3n) is 6.70. The Labute approximate surface area is 182 Å². The maximum absolute atomic E-state index is 12.7. The van der Waals surface area contributed by atoms with E-state index in [-0.39, 0.29) is 11.1 Å². The fraction of sp³-hybridized carbons (Fsp3) is 0.583.